The first-order valence-electron chi connectivity index (χ1n) is 6.37. The molecule has 0 N–H and O–H groups in total. The second-order valence-electron chi connectivity index (χ2n) is 5.50. The van der Waals surface area contributed by atoms with Crippen molar-refractivity contribution in [3.63, 3.8) is 0 Å². The minimum Gasteiger partial charge on any atom is -0.456 e. The van der Waals surface area contributed by atoms with Crippen LogP contribution in [0, 0.1) is 0 Å². The Bertz CT molecular complexity index is 289. The van der Waals surface area contributed by atoms with Crippen molar-refractivity contribution in [3.05, 3.63) is 12.2 Å². The highest BCUT2D eigenvalue weighted by atomic mass is 32.2. The van der Waals surface area contributed by atoms with Crippen LogP contribution in [-0.2, 0) is 9.53 Å². The molecule has 98 valence electrons. The van der Waals surface area contributed by atoms with E-state index in [1.54, 1.807) is 6.92 Å². The normalized spacial score (nSPS) is 29.1. The molecule has 1 aliphatic rings. The molecule has 1 fully saturated rings. The molecule has 0 aliphatic heterocycles. The third-order valence-electron chi connectivity index (χ3n) is 3.14. The fourth-order valence-electron chi connectivity index (χ4n) is 2.14. The summed E-state index contributed by atoms with van der Waals surface area (Å²) >= 11 is 2.04. The first-order valence-corrected chi connectivity index (χ1v) is 7.31. The Morgan fingerprint density at radius 2 is 1.94 bits per heavy atom. The van der Waals surface area contributed by atoms with Gasteiger partial charge in [0.2, 0.25) is 0 Å². The molecule has 0 radical (unpaired) electrons. The first-order chi connectivity index (χ1) is 7.82. The molecule has 1 aliphatic carbocycles. The summed E-state index contributed by atoms with van der Waals surface area (Å²) in [6.45, 7) is 11.8. The SMILES string of the molecule is C=C(C)C(=O)OC1(C)CCC(SC(C)C)CC1. The topological polar surface area (TPSA) is 26.3 Å². The van der Waals surface area contributed by atoms with Crippen molar-refractivity contribution in [3.8, 4) is 0 Å². The maximum absolute atomic E-state index is 11.5. The molecule has 17 heavy (non-hydrogen) atoms. The van der Waals surface area contributed by atoms with Crippen LogP contribution < -0.4 is 0 Å². The van der Waals surface area contributed by atoms with E-state index in [9.17, 15) is 4.79 Å². The molecule has 0 saturated heterocycles. The van der Waals surface area contributed by atoms with Gasteiger partial charge in [-0.15, -0.1) is 0 Å². The molecule has 0 aromatic rings. The van der Waals surface area contributed by atoms with Crippen molar-refractivity contribution < 1.29 is 9.53 Å². The number of ether oxygens (including phenoxy) is 1. The fraction of sp³-hybridized carbons (Fsp3) is 0.786. The number of hydrogen-bond acceptors (Lipinski definition) is 3. The summed E-state index contributed by atoms with van der Waals surface area (Å²) in [5.74, 6) is -0.248. The van der Waals surface area contributed by atoms with Crippen LogP contribution in [0.1, 0.15) is 53.4 Å². The van der Waals surface area contributed by atoms with Crippen molar-refractivity contribution >= 4 is 17.7 Å². The summed E-state index contributed by atoms with van der Waals surface area (Å²) < 4.78 is 5.55. The zero-order chi connectivity index (χ0) is 13.1. The number of carbonyl (C=O) groups is 1. The van der Waals surface area contributed by atoms with Gasteiger partial charge in [0.25, 0.3) is 0 Å². The van der Waals surface area contributed by atoms with E-state index in [-0.39, 0.29) is 11.6 Å². The molecule has 3 heteroatoms. The lowest BCUT2D eigenvalue weighted by molar-refractivity contribution is -0.155. The Hall–Kier alpha value is -0.440. The highest BCUT2D eigenvalue weighted by Gasteiger charge is 2.34. The molecule has 0 heterocycles. The lowest BCUT2D eigenvalue weighted by atomic mass is 9.86. The summed E-state index contributed by atoms with van der Waals surface area (Å²) in [7, 11) is 0. The number of hydrogen-bond donors (Lipinski definition) is 0. The Morgan fingerprint density at radius 1 is 1.41 bits per heavy atom. The van der Waals surface area contributed by atoms with Crippen LogP contribution in [0.2, 0.25) is 0 Å². The Labute approximate surface area is 109 Å². The van der Waals surface area contributed by atoms with Crippen molar-refractivity contribution in [2.24, 2.45) is 0 Å². The van der Waals surface area contributed by atoms with Crippen LogP contribution in [0.15, 0.2) is 12.2 Å². The average Bonchev–Trinajstić information content (AvgIpc) is 2.21. The lowest BCUT2D eigenvalue weighted by Crippen LogP contribution is -2.37. The maximum atomic E-state index is 11.5. The second kappa shape index (κ2) is 5.94. The Morgan fingerprint density at radius 3 is 2.35 bits per heavy atom. The molecule has 1 rings (SSSR count). The fourth-order valence-corrected chi connectivity index (χ4v) is 3.41. The van der Waals surface area contributed by atoms with Gasteiger partial charge in [0.1, 0.15) is 5.60 Å². The van der Waals surface area contributed by atoms with E-state index >= 15 is 0 Å². The standard InChI is InChI=1S/C14H24O2S/c1-10(2)13(15)16-14(5)8-6-12(7-9-14)17-11(3)4/h11-12H,1,6-9H2,2-5H3. The first kappa shape index (κ1) is 14.6. The van der Waals surface area contributed by atoms with Gasteiger partial charge in [-0.1, -0.05) is 20.4 Å². The summed E-state index contributed by atoms with van der Waals surface area (Å²) in [5, 5.41) is 1.41. The predicted octanol–water partition coefficient (Wildman–Crippen LogP) is 3.95. The molecule has 1 saturated carbocycles. The Balaban J connectivity index is 2.44. The molecule has 0 aromatic carbocycles. The summed E-state index contributed by atoms with van der Waals surface area (Å²) in [6.07, 6.45) is 4.22. The minimum atomic E-state index is -0.274. The van der Waals surface area contributed by atoms with Gasteiger partial charge >= 0.3 is 5.97 Å². The highest BCUT2D eigenvalue weighted by molar-refractivity contribution is 8.00. The van der Waals surface area contributed by atoms with Crippen molar-refractivity contribution in [1.29, 1.82) is 0 Å². The second-order valence-corrected chi connectivity index (χ2v) is 7.39. The minimum absolute atomic E-state index is 0.248. The van der Waals surface area contributed by atoms with Gasteiger partial charge in [0.15, 0.2) is 0 Å². The molecule has 0 unspecified atom stereocenters. The molecule has 0 bridgehead atoms. The van der Waals surface area contributed by atoms with Crippen molar-refractivity contribution in [2.75, 3.05) is 0 Å². The third kappa shape index (κ3) is 4.74. The molecule has 0 aromatic heterocycles. The van der Waals surface area contributed by atoms with Crippen LogP contribution in [0.5, 0.6) is 0 Å². The zero-order valence-corrected chi connectivity index (χ0v) is 12.2. The molecule has 0 spiro atoms. The number of rotatable bonds is 4. The van der Waals surface area contributed by atoms with E-state index in [2.05, 4.69) is 20.4 Å². The molecular weight excluding hydrogens is 232 g/mol. The smallest absolute Gasteiger partial charge is 0.333 e. The zero-order valence-electron chi connectivity index (χ0n) is 11.4. The van der Waals surface area contributed by atoms with Gasteiger partial charge in [-0.05, 0) is 44.8 Å². The molecular formula is C14H24O2S. The van der Waals surface area contributed by atoms with E-state index in [0.717, 1.165) is 30.9 Å². The summed E-state index contributed by atoms with van der Waals surface area (Å²) in [5.41, 5.74) is 0.217. The van der Waals surface area contributed by atoms with Gasteiger partial charge in [0, 0.05) is 10.8 Å². The highest BCUT2D eigenvalue weighted by Crippen LogP contribution is 2.38. The van der Waals surface area contributed by atoms with Crippen LogP contribution in [0.25, 0.3) is 0 Å². The van der Waals surface area contributed by atoms with E-state index in [0.29, 0.717) is 10.8 Å². The number of thioether (sulfide) groups is 1. The van der Waals surface area contributed by atoms with Crippen molar-refractivity contribution in [2.45, 2.75) is 69.5 Å². The number of esters is 1. The van der Waals surface area contributed by atoms with E-state index in [1.807, 2.05) is 18.7 Å². The van der Waals surface area contributed by atoms with Gasteiger partial charge in [-0.3, -0.25) is 0 Å². The van der Waals surface area contributed by atoms with E-state index in [1.165, 1.54) is 0 Å². The van der Waals surface area contributed by atoms with Crippen LogP contribution in [0.4, 0.5) is 0 Å². The van der Waals surface area contributed by atoms with Crippen LogP contribution in [0.3, 0.4) is 0 Å². The maximum Gasteiger partial charge on any atom is 0.333 e. The van der Waals surface area contributed by atoms with Gasteiger partial charge in [0.05, 0.1) is 0 Å². The quantitative estimate of drug-likeness (QED) is 0.563. The molecule has 0 amide bonds. The average molecular weight is 256 g/mol. The lowest BCUT2D eigenvalue weighted by Gasteiger charge is -2.37. The number of carbonyl (C=O) groups excluding carboxylic acids is 1. The van der Waals surface area contributed by atoms with Gasteiger partial charge in [-0.25, -0.2) is 4.79 Å². The molecule has 0 atom stereocenters. The van der Waals surface area contributed by atoms with E-state index < -0.39 is 0 Å². The monoisotopic (exact) mass is 256 g/mol. The van der Waals surface area contributed by atoms with Crippen molar-refractivity contribution in [1.82, 2.24) is 0 Å². The predicted molar refractivity (Wildman–Crippen MR) is 74.3 cm³/mol. The van der Waals surface area contributed by atoms with Gasteiger partial charge in [-0.2, -0.15) is 11.8 Å². The van der Waals surface area contributed by atoms with Crippen LogP contribution in [-0.4, -0.2) is 22.1 Å². The molecule has 2 nitrogen and oxygen atoms in total. The van der Waals surface area contributed by atoms with Gasteiger partial charge < -0.3 is 4.74 Å². The Kier molecular flexibility index (Phi) is 5.11. The summed E-state index contributed by atoms with van der Waals surface area (Å²) in [6, 6.07) is 0. The van der Waals surface area contributed by atoms with E-state index in [4.69, 9.17) is 4.74 Å². The van der Waals surface area contributed by atoms with Crippen LogP contribution >= 0.6 is 11.8 Å². The summed E-state index contributed by atoms with van der Waals surface area (Å²) in [4.78, 5) is 11.5. The third-order valence-corrected chi connectivity index (χ3v) is 4.54. The largest absolute Gasteiger partial charge is 0.456 e.